The van der Waals surface area contributed by atoms with E-state index in [1.165, 1.54) is 0 Å². The molecule has 0 fully saturated rings. The third kappa shape index (κ3) is 5.04. The highest BCUT2D eigenvalue weighted by atomic mass is 28.3. The van der Waals surface area contributed by atoms with Crippen molar-refractivity contribution in [1.29, 1.82) is 0 Å². The van der Waals surface area contributed by atoms with Gasteiger partial charge in [0, 0.05) is 17.1 Å². The quantitative estimate of drug-likeness (QED) is 0.238. The van der Waals surface area contributed by atoms with E-state index >= 15 is 0 Å². The summed E-state index contributed by atoms with van der Waals surface area (Å²) in [5.41, 5.74) is 5.72. The molecular weight excluding hydrogens is 472 g/mol. The van der Waals surface area contributed by atoms with E-state index in [2.05, 4.69) is 101 Å². The minimum Gasteiger partial charge on any atom is -0.437 e. The molecule has 196 valence electrons. The minimum absolute atomic E-state index is 0.0401. The lowest BCUT2D eigenvalue weighted by Crippen LogP contribution is -2.51. The van der Waals surface area contributed by atoms with E-state index in [1.54, 1.807) is 6.20 Å². The monoisotopic (exact) mass is 514 g/mol. The number of hydrogen-bond donors (Lipinski definition) is 1. The molecule has 3 heterocycles. The van der Waals surface area contributed by atoms with Crippen LogP contribution in [0.1, 0.15) is 67.9 Å². The van der Waals surface area contributed by atoms with Crippen LogP contribution in [0.15, 0.2) is 67.1 Å². The van der Waals surface area contributed by atoms with Crippen LogP contribution in [0.25, 0.3) is 11.0 Å². The molecule has 0 saturated heterocycles. The second-order valence-electron chi connectivity index (χ2n) is 12.0. The summed E-state index contributed by atoms with van der Waals surface area (Å²) in [7, 11) is -1.88. The van der Waals surface area contributed by atoms with Gasteiger partial charge in [0.15, 0.2) is 8.24 Å². The minimum atomic E-state index is -1.88. The Hall–Kier alpha value is -3.12. The highest BCUT2D eigenvalue weighted by molar-refractivity contribution is 6.82. The molecule has 1 N–H and O–H groups in total. The van der Waals surface area contributed by atoms with E-state index in [-0.39, 0.29) is 5.41 Å². The average molecular weight is 515 g/mol. The smallest absolute Gasteiger partial charge is 0.243 e. The Morgan fingerprint density at radius 3 is 2.19 bits per heavy atom. The van der Waals surface area contributed by atoms with E-state index in [1.807, 2.05) is 36.5 Å². The Labute approximate surface area is 223 Å². The van der Waals surface area contributed by atoms with Crippen molar-refractivity contribution in [3.05, 3.63) is 72.7 Å². The first-order chi connectivity index (χ1) is 17.5. The van der Waals surface area contributed by atoms with Gasteiger partial charge in [0.1, 0.15) is 17.1 Å². The van der Waals surface area contributed by atoms with Gasteiger partial charge >= 0.3 is 0 Å². The van der Waals surface area contributed by atoms with Crippen LogP contribution in [-0.2, 0) is 5.41 Å². The Morgan fingerprint density at radius 2 is 1.54 bits per heavy atom. The maximum atomic E-state index is 6.36. The molecule has 0 aliphatic carbocycles. The molecular formula is C31H42N4OSi. The molecule has 4 rings (SSSR count). The average Bonchev–Trinajstić information content (AvgIpc) is 3.23. The molecule has 37 heavy (non-hydrogen) atoms. The van der Waals surface area contributed by atoms with Gasteiger partial charge in [0.2, 0.25) is 5.88 Å². The molecule has 0 amide bonds. The van der Waals surface area contributed by atoms with E-state index in [0.29, 0.717) is 22.5 Å². The SMILES string of the molecule is CC(C)[Si](C(C)C)(C(C)C)n1ccc2cc(Nc3cccnc3Oc3ccccc3C(C)(C)C)cnc21. The van der Waals surface area contributed by atoms with Gasteiger partial charge < -0.3 is 14.3 Å². The number of para-hydroxylation sites is 1. The van der Waals surface area contributed by atoms with Crippen LogP contribution in [0, 0.1) is 0 Å². The first-order valence-electron chi connectivity index (χ1n) is 13.4. The largest absolute Gasteiger partial charge is 0.437 e. The normalized spacial score (nSPS) is 12.6. The summed E-state index contributed by atoms with van der Waals surface area (Å²) in [6.45, 7) is 20.9. The number of aromatic nitrogens is 3. The van der Waals surface area contributed by atoms with Crippen molar-refractivity contribution >= 4 is 30.6 Å². The van der Waals surface area contributed by atoms with Crippen LogP contribution in [0.3, 0.4) is 0 Å². The van der Waals surface area contributed by atoms with Gasteiger partial charge in [-0.05, 0) is 58.6 Å². The predicted octanol–water partition coefficient (Wildman–Crippen LogP) is 9.29. The maximum Gasteiger partial charge on any atom is 0.243 e. The molecule has 5 nitrogen and oxygen atoms in total. The van der Waals surface area contributed by atoms with Crippen molar-refractivity contribution in [3.63, 3.8) is 0 Å². The zero-order chi connectivity index (χ0) is 27.0. The summed E-state index contributed by atoms with van der Waals surface area (Å²) in [6, 6.07) is 16.5. The molecule has 3 aromatic heterocycles. The topological polar surface area (TPSA) is 52.0 Å². The third-order valence-electron chi connectivity index (χ3n) is 7.67. The van der Waals surface area contributed by atoms with Gasteiger partial charge in [-0.2, -0.15) is 0 Å². The standard InChI is InChI=1S/C31H42N4OSi/c1-21(2)37(22(3)4,23(5)6)35-18-16-24-19-25(20-33-29(24)35)34-27-14-12-17-32-30(27)36-28-15-11-10-13-26(28)31(7,8)9/h10-23,34H,1-9H3. The molecule has 0 bridgehead atoms. The lowest BCUT2D eigenvalue weighted by molar-refractivity contribution is 0.442. The number of nitrogens with one attached hydrogen (secondary N) is 1. The van der Waals surface area contributed by atoms with Crippen LogP contribution >= 0.6 is 0 Å². The molecule has 0 spiro atoms. The molecule has 6 heteroatoms. The predicted molar refractivity (Wildman–Crippen MR) is 159 cm³/mol. The summed E-state index contributed by atoms with van der Waals surface area (Å²) in [5, 5.41) is 4.66. The molecule has 4 aromatic rings. The van der Waals surface area contributed by atoms with Gasteiger partial charge in [0.05, 0.1) is 11.9 Å². The fraction of sp³-hybridized carbons (Fsp3) is 0.419. The van der Waals surface area contributed by atoms with Crippen molar-refractivity contribution < 1.29 is 4.74 Å². The molecule has 0 aliphatic rings. The zero-order valence-electron chi connectivity index (χ0n) is 23.8. The van der Waals surface area contributed by atoms with Crippen LogP contribution in [0.2, 0.25) is 16.6 Å². The Balaban J connectivity index is 1.68. The number of ether oxygens (including phenoxy) is 1. The molecule has 0 saturated carbocycles. The van der Waals surface area contributed by atoms with Crippen molar-refractivity contribution in [1.82, 2.24) is 14.2 Å². The number of fused-ring (bicyclic) bond motifs is 1. The highest BCUT2D eigenvalue weighted by Crippen LogP contribution is 2.44. The van der Waals surface area contributed by atoms with E-state index in [0.717, 1.165) is 33.7 Å². The van der Waals surface area contributed by atoms with Crippen molar-refractivity contribution in [2.24, 2.45) is 0 Å². The van der Waals surface area contributed by atoms with E-state index < -0.39 is 8.24 Å². The molecule has 0 aliphatic heterocycles. The first kappa shape index (κ1) is 26.9. The summed E-state index contributed by atoms with van der Waals surface area (Å²) < 4.78 is 8.91. The number of pyridine rings is 2. The molecule has 0 radical (unpaired) electrons. The number of rotatable bonds is 8. The van der Waals surface area contributed by atoms with Gasteiger partial charge in [-0.3, -0.25) is 0 Å². The van der Waals surface area contributed by atoms with Crippen LogP contribution in [0.5, 0.6) is 11.6 Å². The summed E-state index contributed by atoms with van der Waals surface area (Å²) in [5.74, 6) is 1.36. The molecule has 1 aromatic carbocycles. The van der Waals surface area contributed by atoms with Crippen LogP contribution < -0.4 is 10.1 Å². The van der Waals surface area contributed by atoms with Gasteiger partial charge in [-0.15, -0.1) is 0 Å². The lowest BCUT2D eigenvalue weighted by Gasteiger charge is -2.44. The number of benzene rings is 1. The van der Waals surface area contributed by atoms with Crippen LogP contribution in [0.4, 0.5) is 11.4 Å². The first-order valence-corrected chi connectivity index (χ1v) is 15.6. The number of hydrogen-bond acceptors (Lipinski definition) is 4. The highest BCUT2D eigenvalue weighted by Gasteiger charge is 2.45. The molecule has 0 unspecified atom stereocenters. The Bertz CT molecular complexity index is 1350. The van der Waals surface area contributed by atoms with Crippen molar-refractivity contribution in [3.8, 4) is 11.6 Å². The van der Waals surface area contributed by atoms with Crippen molar-refractivity contribution in [2.75, 3.05) is 5.32 Å². The van der Waals surface area contributed by atoms with E-state index in [4.69, 9.17) is 9.72 Å². The molecule has 0 atom stereocenters. The second kappa shape index (κ2) is 10.3. The summed E-state index contributed by atoms with van der Waals surface area (Å²) in [6.07, 6.45) is 5.96. The van der Waals surface area contributed by atoms with E-state index in [9.17, 15) is 0 Å². The van der Waals surface area contributed by atoms with Gasteiger partial charge in [0.25, 0.3) is 0 Å². The van der Waals surface area contributed by atoms with Gasteiger partial charge in [-0.25, -0.2) is 9.97 Å². The Kier molecular flexibility index (Phi) is 7.52. The third-order valence-corrected chi connectivity index (χ3v) is 14.4. The number of anilines is 2. The lowest BCUT2D eigenvalue weighted by atomic mass is 9.86. The summed E-state index contributed by atoms with van der Waals surface area (Å²) >= 11 is 0. The second-order valence-corrected chi connectivity index (χ2v) is 17.7. The van der Waals surface area contributed by atoms with Crippen molar-refractivity contribution in [2.45, 2.75) is 84.4 Å². The maximum absolute atomic E-state index is 6.36. The Morgan fingerprint density at radius 1 is 0.865 bits per heavy atom. The fourth-order valence-corrected chi connectivity index (χ4v) is 12.8. The summed E-state index contributed by atoms with van der Waals surface area (Å²) in [4.78, 5) is 9.53. The van der Waals surface area contributed by atoms with Crippen LogP contribution in [-0.4, -0.2) is 22.4 Å². The van der Waals surface area contributed by atoms with Gasteiger partial charge in [-0.1, -0.05) is 80.5 Å². The number of nitrogens with zero attached hydrogens (tertiary/aromatic N) is 3. The fourth-order valence-electron chi connectivity index (χ4n) is 6.24. The zero-order valence-corrected chi connectivity index (χ0v) is 24.8.